The Morgan fingerprint density at radius 3 is 2.76 bits per heavy atom. The highest BCUT2D eigenvalue weighted by Crippen LogP contribution is 2.29. The molecule has 0 bridgehead atoms. The van der Waals surface area contributed by atoms with Crippen LogP contribution in [-0.2, 0) is 4.79 Å². The van der Waals surface area contributed by atoms with Crippen molar-refractivity contribution in [3.8, 4) is 5.88 Å². The van der Waals surface area contributed by atoms with Crippen molar-refractivity contribution < 1.29 is 9.53 Å². The van der Waals surface area contributed by atoms with Gasteiger partial charge in [-0.2, -0.15) is 4.98 Å². The molecular formula is C15H24N4O2. The number of nitrogen functional groups attached to an aromatic ring is 1. The lowest BCUT2D eigenvalue weighted by Crippen LogP contribution is -2.40. The van der Waals surface area contributed by atoms with Crippen LogP contribution < -0.4 is 21.1 Å². The van der Waals surface area contributed by atoms with Crippen molar-refractivity contribution in [3.05, 3.63) is 12.1 Å². The molecule has 0 unspecified atom stereocenters. The highest BCUT2D eigenvalue weighted by Gasteiger charge is 2.25. The molecule has 0 aliphatic heterocycles. The zero-order valence-electron chi connectivity index (χ0n) is 12.5. The van der Waals surface area contributed by atoms with Gasteiger partial charge in [0, 0.05) is 6.04 Å². The molecule has 0 atom stereocenters. The summed E-state index contributed by atoms with van der Waals surface area (Å²) in [6.07, 6.45) is 5.36. The van der Waals surface area contributed by atoms with Crippen molar-refractivity contribution in [3.63, 3.8) is 0 Å². The molecule has 0 aromatic carbocycles. The van der Waals surface area contributed by atoms with Gasteiger partial charge in [-0.1, -0.05) is 19.8 Å². The van der Waals surface area contributed by atoms with Crippen molar-refractivity contribution in [1.29, 1.82) is 0 Å². The number of nitrogens with zero attached hydrogens (tertiary/aromatic N) is 2. The molecule has 0 radical (unpaired) electrons. The molecule has 1 aromatic heterocycles. The lowest BCUT2D eigenvalue weighted by molar-refractivity contribution is -0.116. The summed E-state index contributed by atoms with van der Waals surface area (Å²) in [5.74, 6) is 0.791. The fourth-order valence-corrected chi connectivity index (χ4v) is 2.70. The van der Waals surface area contributed by atoms with E-state index in [9.17, 15) is 4.79 Å². The van der Waals surface area contributed by atoms with Gasteiger partial charge in [-0.15, -0.1) is 0 Å². The second-order valence-corrected chi connectivity index (χ2v) is 5.44. The molecule has 2 rings (SSSR count). The molecule has 0 spiro atoms. The van der Waals surface area contributed by atoms with Crippen molar-refractivity contribution in [2.75, 3.05) is 23.8 Å². The highest BCUT2D eigenvalue weighted by molar-refractivity contribution is 5.79. The number of aromatic nitrogens is 1. The Morgan fingerprint density at radius 1 is 1.43 bits per heavy atom. The summed E-state index contributed by atoms with van der Waals surface area (Å²) in [6, 6.07) is 3.92. The van der Waals surface area contributed by atoms with Crippen LogP contribution in [0.2, 0.25) is 0 Å². The van der Waals surface area contributed by atoms with Crippen molar-refractivity contribution >= 4 is 17.4 Å². The predicted octanol–water partition coefficient (Wildman–Crippen LogP) is 1.69. The average Bonchev–Trinajstić information content (AvgIpc) is 2.98. The summed E-state index contributed by atoms with van der Waals surface area (Å²) in [4.78, 5) is 17.8. The maximum Gasteiger partial charge on any atom is 0.239 e. The zero-order valence-corrected chi connectivity index (χ0v) is 12.5. The summed E-state index contributed by atoms with van der Waals surface area (Å²) < 4.78 is 5.57. The van der Waals surface area contributed by atoms with Gasteiger partial charge in [0.15, 0.2) is 0 Å². The molecule has 1 aliphatic rings. The second kappa shape index (κ2) is 7.15. The van der Waals surface area contributed by atoms with Gasteiger partial charge < -0.3 is 21.1 Å². The number of carbonyl (C=O) groups is 1. The van der Waals surface area contributed by atoms with Crippen LogP contribution in [0.3, 0.4) is 0 Å². The molecule has 1 aromatic rings. The number of ether oxygens (including phenoxy) is 1. The summed E-state index contributed by atoms with van der Waals surface area (Å²) in [6.45, 7) is 2.77. The third kappa shape index (κ3) is 4.00. The van der Waals surface area contributed by atoms with Gasteiger partial charge in [0.1, 0.15) is 5.82 Å². The quantitative estimate of drug-likeness (QED) is 0.797. The van der Waals surface area contributed by atoms with Gasteiger partial charge in [-0.05, 0) is 31.4 Å². The molecule has 21 heavy (non-hydrogen) atoms. The number of carbonyl (C=O) groups excluding carboxylic acids is 1. The first-order valence-electron chi connectivity index (χ1n) is 7.56. The first kappa shape index (κ1) is 15.4. The molecule has 6 nitrogen and oxygen atoms in total. The van der Waals surface area contributed by atoms with E-state index >= 15 is 0 Å². The average molecular weight is 292 g/mol. The highest BCUT2D eigenvalue weighted by atomic mass is 16.5. The largest absolute Gasteiger partial charge is 0.476 e. The van der Waals surface area contributed by atoms with Gasteiger partial charge in [-0.25, -0.2) is 0 Å². The summed E-state index contributed by atoms with van der Waals surface area (Å²) in [5, 5.41) is 0. The van der Waals surface area contributed by atoms with E-state index in [4.69, 9.17) is 16.2 Å². The van der Waals surface area contributed by atoms with E-state index in [1.54, 1.807) is 6.07 Å². The van der Waals surface area contributed by atoms with Crippen LogP contribution in [-0.4, -0.2) is 30.1 Å². The van der Waals surface area contributed by atoms with E-state index < -0.39 is 0 Å². The van der Waals surface area contributed by atoms with Gasteiger partial charge in [-0.3, -0.25) is 4.79 Å². The minimum absolute atomic E-state index is 0.175. The molecular weight excluding hydrogens is 268 g/mol. The van der Waals surface area contributed by atoms with Gasteiger partial charge in [0.05, 0.1) is 18.8 Å². The smallest absolute Gasteiger partial charge is 0.239 e. The Kier molecular flexibility index (Phi) is 5.25. The van der Waals surface area contributed by atoms with Crippen LogP contribution >= 0.6 is 0 Å². The van der Waals surface area contributed by atoms with Crippen LogP contribution in [0.4, 0.5) is 11.5 Å². The minimum atomic E-state index is -0.350. The zero-order chi connectivity index (χ0) is 15.2. The molecule has 1 heterocycles. The molecule has 1 aliphatic carbocycles. The lowest BCUT2D eigenvalue weighted by atomic mass is 10.2. The Morgan fingerprint density at radius 2 is 2.14 bits per heavy atom. The van der Waals surface area contributed by atoms with Crippen molar-refractivity contribution in [1.82, 2.24) is 4.98 Å². The monoisotopic (exact) mass is 292 g/mol. The van der Waals surface area contributed by atoms with Crippen LogP contribution in [0, 0.1) is 0 Å². The first-order chi connectivity index (χ1) is 10.1. The fourth-order valence-electron chi connectivity index (χ4n) is 2.70. The molecule has 6 heteroatoms. The van der Waals surface area contributed by atoms with Crippen LogP contribution in [0.1, 0.15) is 39.0 Å². The van der Waals surface area contributed by atoms with Gasteiger partial charge >= 0.3 is 0 Å². The fraction of sp³-hybridized carbons (Fsp3) is 0.600. The lowest BCUT2D eigenvalue weighted by Gasteiger charge is -2.29. The molecule has 1 fully saturated rings. The Labute approximate surface area is 125 Å². The van der Waals surface area contributed by atoms with Gasteiger partial charge in [0.2, 0.25) is 11.8 Å². The van der Waals surface area contributed by atoms with E-state index in [0.29, 0.717) is 30.0 Å². The topological polar surface area (TPSA) is 94.5 Å². The third-order valence-corrected chi connectivity index (χ3v) is 3.70. The molecule has 116 valence electrons. The number of nitrogens with two attached hydrogens (primary N) is 2. The van der Waals surface area contributed by atoms with E-state index in [1.165, 1.54) is 12.8 Å². The van der Waals surface area contributed by atoms with E-state index in [0.717, 1.165) is 19.3 Å². The summed E-state index contributed by atoms with van der Waals surface area (Å²) in [5.41, 5.74) is 11.8. The first-order valence-corrected chi connectivity index (χ1v) is 7.56. The standard InChI is InChI=1S/C15H24N4O2/c1-2-9-21-15-12(16)7-8-14(18-15)19(10-13(17)20)11-5-3-4-6-11/h7-8,11H,2-6,9-10,16H2,1H3,(H2,17,20). The van der Waals surface area contributed by atoms with Crippen LogP contribution in [0.5, 0.6) is 5.88 Å². The molecule has 0 saturated heterocycles. The van der Waals surface area contributed by atoms with Crippen molar-refractivity contribution in [2.24, 2.45) is 5.73 Å². The van der Waals surface area contributed by atoms with E-state index in [-0.39, 0.29) is 12.5 Å². The summed E-state index contributed by atoms with van der Waals surface area (Å²) >= 11 is 0. The molecule has 1 saturated carbocycles. The maximum absolute atomic E-state index is 11.4. The number of hydrogen-bond donors (Lipinski definition) is 2. The third-order valence-electron chi connectivity index (χ3n) is 3.70. The number of primary amides is 1. The van der Waals surface area contributed by atoms with Crippen LogP contribution in [0.25, 0.3) is 0 Å². The predicted molar refractivity (Wildman–Crippen MR) is 83.2 cm³/mol. The summed E-state index contributed by atoms with van der Waals surface area (Å²) in [7, 11) is 0. The number of anilines is 2. The maximum atomic E-state index is 11.4. The Hall–Kier alpha value is -1.98. The Balaban J connectivity index is 2.23. The number of rotatable bonds is 7. The molecule has 4 N–H and O–H groups in total. The number of pyridine rings is 1. The van der Waals surface area contributed by atoms with E-state index in [1.807, 2.05) is 17.9 Å². The van der Waals surface area contributed by atoms with Crippen LogP contribution in [0.15, 0.2) is 12.1 Å². The van der Waals surface area contributed by atoms with Gasteiger partial charge in [0.25, 0.3) is 0 Å². The minimum Gasteiger partial charge on any atom is -0.476 e. The Bertz CT molecular complexity index is 487. The molecule has 1 amide bonds. The second-order valence-electron chi connectivity index (χ2n) is 5.44. The van der Waals surface area contributed by atoms with E-state index in [2.05, 4.69) is 4.98 Å². The normalized spacial score (nSPS) is 15.1. The van der Waals surface area contributed by atoms with Crippen molar-refractivity contribution in [2.45, 2.75) is 45.1 Å². The number of hydrogen-bond acceptors (Lipinski definition) is 5. The number of amides is 1. The SMILES string of the molecule is CCCOc1nc(N(CC(N)=O)C2CCCC2)ccc1N.